The zero-order chi connectivity index (χ0) is 18.5. The first-order chi connectivity index (χ1) is 12.4. The van der Waals surface area contributed by atoms with Crippen LogP contribution in [0.15, 0.2) is 30.3 Å². The van der Waals surface area contributed by atoms with Crippen molar-refractivity contribution in [2.24, 2.45) is 11.1 Å². The van der Waals surface area contributed by atoms with E-state index >= 15 is 0 Å². The summed E-state index contributed by atoms with van der Waals surface area (Å²) in [5, 5.41) is 6.25. The number of aryl methyl sites for hydroxylation is 1. The van der Waals surface area contributed by atoms with Crippen LogP contribution in [-0.2, 0) is 0 Å². The summed E-state index contributed by atoms with van der Waals surface area (Å²) in [6, 6.07) is 9.56. The number of aromatic nitrogens is 2. The average molecular weight is 389 g/mol. The lowest BCUT2D eigenvalue weighted by Gasteiger charge is -2.22. The largest absolute Gasteiger partial charge is 0.337 e. The molecule has 5 nitrogen and oxygen atoms in total. The fraction of sp³-hybridized carbons (Fsp3) is 0.368. The molecule has 2 aromatic heterocycles. The molecule has 0 bridgehead atoms. The van der Waals surface area contributed by atoms with Crippen LogP contribution in [0, 0.1) is 12.3 Å². The molecular weight excluding hydrogens is 368 g/mol. The Morgan fingerprint density at radius 2 is 2.19 bits per heavy atom. The first-order valence-corrected chi connectivity index (χ1v) is 9.85. The maximum absolute atomic E-state index is 13.0. The van der Waals surface area contributed by atoms with Crippen LogP contribution in [0.5, 0.6) is 0 Å². The van der Waals surface area contributed by atoms with Crippen LogP contribution < -0.4 is 5.73 Å². The standard InChI is InChI=1S/C19H21ClN4OS/c1-12-13-9-16(17(25)23-8-7-19(2,10-21)11-23)26-18(13)24(22-12)15-6-4-3-5-14(15)20/h3-6,9H,7-8,10-11,21H2,1-2H3. The highest BCUT2D eigenvalue weighted by Crippen LogP contribution is 2.35. The van der Waals surface area contributed by atoms with Crippen LogP contribution in [0.3, 0.4) is 0 Å². The number of benzene rings is 1. The molecule has 0 aliphatic carbocycles. The maximum Gasteiger partial charge on any atom is 0.264 e. The van der Waals surface area contributed by atoms with Gasteiger partial charge in [-0.1, -0.05) is 30.7 Å². The van der Waals surface area contributed by atoms with Crippen LogP contribution in [0.1, 0.15) is 28.7 Å². The number of hydrogen-bond donors (Lipinski definition) is 1. The quantitative estimate of drug-likeness (QED) is 0.740. The molecule has 1 aliphatic rings. The molecule has 1 unspecified atom stereocenters. The molecule has 1 aromatic carbocycles. The Kier molecular flexibility index (Phi) is 4.29. The predicted octanol–water partition coefficient (Wildman–Crippen LogP) is 3.86. The van der Waals surface area contributed by atoms with E-state index in [1.165, 1.54) is 11.3 Å². The Hall–Kier alpha value is -1.89. The number of nitrogens with two attached hydrogens (primary N) is 1. The van der Waals surface area contributed by atoms with E-state index in [0.29, 0.717) is 18.1 Å². The lowest BCUT2D eigenvalue weighted by atomic mass is 9.90. The Bertz CT molecular complexity index is 995. The SMILES string of the molecule is Cc1nn(-c2ccccc2Cl)c2sc(C(=O)N3CCC(C)(CN)C3)cc12. The number of hydrogen-bond acceptors (Lipinski definition) is 4. The summed E-state index contributed by atoms with van der Waals surface area (Å²) in [5.74, 6) is 0.0773. The van der Waals surface area contributed by atoms with Crippen molar-refractivity contribution >= 4 is 39.1 Å². The summed E-state index contributed by atoms with van der Waals surface area (Å²) in [7, 11) is 0. The molecule has 0 saturated carbocycles. The van der Waals surface area contributed by atoms with Gasteiger partial charge in [0, 0.05) is 18.5 Å². The van der Waals surface area contributed by atoms with Gasteiger partial charge >= 0.3 is 0 Å². The van der Waals surface area contributed by atoms with Crippen LogP contribution in [0.25, 0.3) is 15.9 Å². The van der Waals surface area contributed by atoms with Crippen molar-refractivity contribution in [3.63, 3.8) is 0 Å². The van der Waals surface area contributed by atoms with E-state index in [-0.39, 0.29) is 11.3 Å². The lowest BCUT2D eigenvalue weighted by molar-refractivity contribution is 0.0782. The highest BCUT2D eigenvalue weighted by Gasteiger charge is 2.35. The van der Waals surface area contributed by atoms with Gasteiger partial charge in [0.05, 0.1) is 21.3 Å². The van der Waals surface area contributed by atoms with E-state index in [1.807, 2.05) is 46.8 Å². The van der Waals surface area contributed by atoms with Gasteiger partial charge in [0.2, 0.25) is 0 Å². The molecule has 26 heavy (non-hydrogen) atoms. The third-order valence-electron chi connectivity index (χ3n) is 5.17. The van der Waals surface area contributed by atoms with E-state index in [4.69, 9.17) is 17.3 Å². The molecule has 4 rings (SSSR count). The summed E-state index contributed by atoms with van der Waals surface area (Å²) in [4.78, 5) is 16.6. The van der Waals surface area contributed by atoms with Crippen molar-refractivity contribution in [2.75, 3.05) is 19.6 Å². The minimum Gasteiger partial charge on any atom is -0.337 e. The van der Waals surface area contributed by atoms with Gasteiger partial charge in [-0.25, -0.2) is 4.68 Å². The second kappa shape index (κ2) is 6.37. The summed E-state index contributed by atoms with van der Waals surface area (Å²) < 4.78 is 1.84. The monoisotopic (exact) mass is 388 g/mol. The molecule has 136 valence electrons. The molecule has 1 atom stereocenters. The van der Waals surface area contributed by atoms with Gasteiger partial charge in [-0.05, 0) is 43.5 Å². The fourth-order valence-electron chi connectivity index (χ4n) is 3.46. The molecule has 1 saturated heterocycles. The van der Waals surface area contributed by atoms with E-state index < -0.39 is 0 Å². The molecule has 3 aromatic rings. The minimum absolute atomic E-state index is 0.0244. The van der Waals surface area contributed by atoms with Crippen LogP contribution in [0.2, 0.25) is 5.02 Å². The molecule has 3 heterocycles. The lowest BCUT2D eigenvalue weighted by Crippen LogP contribution is -2.34. The highest BCUT2D eigenvalue weighted by atomic mass is 35.5. The Morgan fingerprint density at radius 1 is 1.42 bits per heavy atom. The molecule has 2 N–H and O–H groups in total. The normalized spacial score (nSPS) is 20.2. The first kappa shape index (κ1) is 17.5. The van der Waals surface area contributed by atoms with Crippen molar-refractivity contribution in [3.05, 3.63) is 45.9 Å². The van der Waals surface area contributed by atoms with Gasteiger partial charge in [0.15, 0.2) is 0 Å². The molecule has 1 amide bonds. The number of carbonyl (C=O) groups is 1. The van der Waals surface area contributed by atoms with E-state index in [0.717, 1.165) is 39.4 Å². The molecule has 1 aliphatic heterocycles. The number of carbonyl (C=O) groups excluding carboxylic acids is 1. The average Bonchev–Trinajstić information content (AvgIpc) is 3.31. The third kappa shape index (κ3) is 2.82. The number of rotatable bonds is 3. The van der Waals surface area contributed by atoms with Crippen molar-refractivity contribution < 1.29 is 4.79 Å². The summed E-state index contributed by atoms with van der Waals surface area (Å²) in [6.45, 7) is 6.18. The van der Waals surface area contributed by atoms with Gasteiger partial charge in [0.25, 0.3) is 5.91 Å². The Labute approximate surface area is 161 Å². The number of amides is 1. The molecular formula is C19H21ClN4OS. The molecule has 7 heteroatoms. The fourth-order valence-corrected chi connectivity index (χ4v) is 4.82. The van der Waals surface area contributed by atoms with Gasteiger partial charge in [-0.15, -0.1) is 11.3 Å². The second-order valence-corrected chi connectivity index (χ2v) is 8.71. The number of halogens is 1. The van der Waals surface area contributed by atoms with Crippen molar-refractivity contribution in [1.82, 2.24) is 14.7 Å². The predicted molar refractivity (Wildman–Crippen MR) is 106 cm³/mol. The highest BCUT2D eigenvalue weighted by molar-refractivity contribution is 7.20. The number of likely N-dealkylation sites (tertiary alicyclic amines) is 1. The van der Waals surface area contributed by atoms with Crippen molar-refractivity contribution in [3.8, 4) is 5.69 Å². The number of thiophene rings is 1. The summed E-state index contributed by atoms with van der Waals surface area (Å²) in [5.41, 5.74) is 7.61. The third-order valence-corrected chi connectivity index (χ3v) is 6.59. The molecule has 0 radical (unpaired) electrons. The Morgan fingerprint density at radius 3 is 2.88 bits per heavy atom. The zero-order valence-electron chi connectivity index (χ0n) is 14.8. The number of fused-ring (bicyclic) bond motifs is 1. The van der Waals surface area contributed by atoms with Crippen LogP contribution in [-0.4, -0.2) is 40.2 Å². The minimum atomic E-state index is 0.0244. The maximum atomic E-state index is 13.0. The van der Waals surface area contributed by atoms with Crippen LogP contribution in [0.4, 0.5) is 0 Å². The van der Waals surface area contributed by atoms with E-state index in [9.17, 15) is 4.79 Å². The van der Waals surface area contributed by atoms with Crippen LogP contribution >= 0.6 is 22.9 Å². The molecule has 1 fully saturated rings. The Balaban J connectivity index is 1.72. The van der Waals surface area contributed by atoms with E-state index in [1.54, 1.807) is 0 Å². The van der Waals surface area contributed by atoms with Gasteiger partial charge in [-0.2, -0.15) is 5.10 Å². The summed E-state index contributed by atoms with van der Waals surface area (Å²) in [6.07, 6.45) is 0.951. The number of para-hydroxylation sites is 1. The van der Waals surface area contributed by atoms with Gasteiger partial charge < -0.3 is 10.6 Å². The van der Waals surface area contributed by atoms with Crippen molar-refractivity contribution in [2.45, 2.75) is 20.3 Å². The second-order valence-electron chi connectivity index (χ2n) is 7.27. The van der Waals surface area contributed by atoms with Gasteiger partial charge in [0.1, 0.15) is 4.83 Å². The summed E-state index contributed by atoms with van der Waals surface area (Å²) >= 11 is 7.82. The number of nitrogens with zero attached hydrogens (tertiary/aromatic N) is 3. The van der Waals surface area contributed by atoms with E-state index in [2.05, 4.69) is 12.0 Å². The van der Waals surface area contributed by atoms with Gasteiger partial charge in [-0.3, -0.25) is 4.79 Å². The first-order valence-electron chi connectivity index (χ1n) is 8.65. The smallest absolute Gasteiger partial charge is 0.264 e. The molecule has 0 spiro atoms. The van der Waals surface area contributed by atoms with Crippen molar-refractivity contribution in [1.29, 1.82) is 0 Å². The topological polar surface area (TPSA) is 64.2 Å². The zero-order valence-corrected chi connectivity index (χ0v) is 16.4.